The molecule has 0 bridgehead atoms. The van der Waals surface area contributed by atoms with Gasteiger partial charge in [-0.05, 0) is 36.8 Å². The van der Waals surface area contributed by atoms with Gasteiger partial charge in [0.2, 0.25) is 5.91 Å². The van der Waals surface area contributed by atoms with E-state index in [9.17, 15) is 4.79 Å². The predicted octanol–water partition coefficient (Wildman–Crippen LogP) is 2.19. The average Bonchev–Trinajstić information content (AvgIpc) is 2.68. The highest BCUT2D eigenvalue weighted by atomic mass is 16.5. The Labute approximate surface area is 163 Å². The van der Waals surface area contributed by atoms with Gasteiger partial charge in [0, 0.05) is 33.3 Å². The topological polar surface area (TPSA) is 66.0 Å². The molecule has 1 amide bonds. The molecule has 6 nitrogen and oxygen atoms in total. The summed E-state index contributed by atoms with van der Waals surface area (Å²) >= 11 is 0. The lowest BCUT2D eigenvalue weighted by Crippen LogP contribution is -2.46. The van der Waals surface area contributed by atoms with E-state index in [1.54, 1.807) is 7.05 Å². The normalized spacial score (nSPS) is 15.4. The fourth-order valence-corrected chi connectivity index (χ4v) is 3.36. The number of benzene rings is 1. The summed E-state index contributed by atoms with van der Waals surface area (Å²) in [5.74, 6) is 1.23. The summed E-state index contributed by atoms with van der Waals surface area (Å²) in [4.78, 5) is 18.7. The number of carbonyl (C=O) groups is 1. The number of nitrogens with one attached hydrogen (secondary N) is 2. The minimum atomic E-state index is 0.0989. The van der Waals surface area contributed by atoms with E-state index in [-0.39, 0.29) is 18.6 Å². The van der Waals surface area contributed by atoms with Crippen molar-refractivity contribution in [2.45, 2.75) is 46.3 Å². The van der Waals surface area contributed by atoms with Crippen LogP contribution in [0.4, 0.5) is 0 Å². The number of hydrogen-bond donors (Lipinski definition) is 2. The van der Waals surface area contributed by atoms with Gasteiger partial charge in [0.15, 0.2) is 5.96 Å². The first-order valence-corrected chi connectivity index (χ1v) is 9.95. The van der Waals surface area contributed by atoms with Gasteiger partial charge >= 0.3 is 0 Å². The fourth-order valence-electron chi connectivity index (χ4n) is 3.36. The smallest absolute Gasteiger partial charge is 0.242 e. The Bertz CT molecular complexity index is 630. The maximum absolute atomic E-state index is 12.5. The Morgan fingerprint density at radius 2 is 2.00 bits per heavy atom. The van der Waals surface area contributed by atoms with E-state index in [0.29, 0.717) is 18.4 Å². The minimum Gasteiger partial charge on any atom is -0.378 e. The summed E-state index contributed by atoms with van der Waals surface area (Å²) in [5.41, 5.74) is 2.59. The third kappa shape index (κ3) is 6.54. The van der Waals surface area contributed by atoms with Gasteiger partial charge in [-0.2, -0.15) is 0 Å². The lowest BCUT2D eigenvalue weighted by atomic mass is 10.00. The van der Waals surface area contributed by atoms with Crippen LogP contribution in [0, 0.1) is 5.92 Å². The summed E-state index contributed by atoms with van der Waals surface area (Å²) in [5, 5.41) is 6.41. The predicted molar refractivity (Wildman–Crippen MR) is 110 cm³/mol. The lowest BCUT2D eigenvalue weighted by molar-refractivity contribution is -0.130. The summed E-state index contributed by atoms with van der Waals surface area (Å²) in [6, 6.07) is 8.34. The Morgan fingerprint density at radius 3 is 2.67 bits per heavy atom. The van der Waals surface area contributed by atoms with Crippen LogP contribution in [-0.4, -0.2) is 56.2 Å². The largest absolute Gasteiger partial charge is 0.378 e. The molecule has 0 spiro atoms. The SMILES string of the molecule is CCOC(CCNC(=NC)NCC(=O)N1CCc2ccccc2C1)C(C)C. The van der Waals surface area contributed by atoms with Crippen molar-refractivity contribution in [3.63, 3.8) is 0 Å². The molecule has 0 saturated heterocycles. The highest BCUT2D eigenvalue weighted by Gasteiger charge is 2.20. The van der Waals surface area contributed by atoms with Crippen molar-refractivity contribution in [3.8, 4) is 0 Å². The zero-order valence-corrected chi connectivity index (χ0v) is 17.1. The maximum Gasteiger partial charge on any atom is 0.242 e. The summed E-state index contributed by atoms with van der Waals surface area (Å²) in [6.07, 6.45) is 2.06. The second-order valence-corrected chi connectivity index (χ2v) is 7.21. The van der Waals surface area contributed by atoms with E-state index in [1.807, 2.05) is 17.9 Å². The Hall–Kier alpha value is -2.08. The molecule has 1 aromatic rings. The highest BCUT2D eigenvalue weighted by molar-refractivity contribution is 5.86. The number of guanidine groups is 1. The number of aliphatic imine (C=N–C) groups is 1. The molecule has 1 atom stereocenters. The first kappa shape index (κ1) is 21.2. The number of ether oxygens (including phenoxy) is 1. The van der Waals surface area contributed by atoms with Crippen LogP contribution in [0.1, 0.15) is 38.3 Å². The van der Waals surface area contributed by atoms with E-state index in [2.05, 4.69) is 47.7 Å². The van der Waals surface area contributed by atoms with Crippen LogP contribution in [0.15, 0.2) is 29.3 Å². The molecule has 150 valence electrons. The quantitative estimate of drug-likeness (QED) is 0.541. The molecule has 0 fully saturated rings. The first-order valence-electron chi connectivity index (χ1n) is 9.95. The van der Waals surface area contributed by atoms with E-state index in [1.165, 1.54) is 11.1 Å². The van der Waals surface area contributed by atoms with Gasteiger partial charge in [0.1, 0.15) is 0 Å². The molecule has 0 aromatic heterocycles. The van der Waals surface area contributed by atoms with Crippen LogP contribution >= 0.6 is 0 Å². The molecule has 0 radical (unpaired) electrons. The third-order valence-corrected chi connectivity index (χ3v) is 4.96. The van der Waals surface area contributed by atoms with Crippen LogP contribution in [0.2, 0.25) is 0 Å². The first-order chi connectivity index (χ1) is 13.0. The Morgan fingerprint density at radius 1 is 1.26 bits per heavy atom. The van der Waals surface area contributed by atoms with Crippen molar-refractivity contribution in [2.75, 3.05) is 33.3 Å². The molecule has 1 aliphatic rings. The van der Waals surface area contributed by atoms with Crippen LogP contribution in [0.25, 0.3) is 0 Å². The molecule has 6 heteroatoms. The zero-order chi connectivity index (χ0) is 19.6. The maximum atomic E-state index is 12.5. The minimum absolute atomic E-state index is 0.0989. The van der Waals surface area contributed by atoms with Gasteiger partial charge in [-0.3, -0.25) is 9.79 Å². The van der Waals surface area contributed by atoms with Crippen LogP contribution in [0.3, 0.4) is 0 Å². The lowest BCUT2D eigenvalue weighted by Gasteiger charge is -2.29. The molecule has 27 heavy (non-hydrogen) atoms. The van der Waals surface area contributed by atoms with Crippen molar-refractivity contribution in [2.24, 2.45) is 10.9 Å². The molecule has 0 aliphatic carbocycles. The van der Waals surface area contributed by atoms with Crippen LogP contribution in [0.5, 0.6) is 0 Å². The molecule has 1 heterocycles. The molecule has 1 unspecified atom stereocenters. The van der Waals surface area contributed by atoms with E-state index >= 15 is 0 Å². The van der Waals surface area contributed by atoms with Crippen LogP contribution in [-0.2, 0) is 22.5 Å². The standard InChI is InChI=1S/C21H34N4O2/c1-5-27-19(16(2)3)10-12-23-21(22-4)24-14-20(26)25-13-11-17-8-6-7-9-18(17)15-25/h6-9,16,19H,5,10-15H2,1-4H3,(H2,22,23,24). The summed E-state index contributed by atoms with van der Waals surface area (Å²) in [6.45, 7) is 9.55. The molecule has 2 rings (SSSR count). The van der Waals surface area contributed by atoms with Crippen molar-refractivity contribution < 1.29 is 9.53 Å². The second kappa shape index (κ2) is 10.9. The zero-order valence-electron chi connectivity index (χ0n) is 17.1. The van der Waals surface area contributed by atoms with Gasteiger partial charge in [0.25, 0.3) is 0 Å². The number of amides is 1. The Kier molecular flexibility index (Phi) is 8.58. The molecule has 1 aromatic carbocycles. The fraction of sp³-hybridized carbons (Fsp3) is 0.619. The van der Waals surface area contributed by atoms with Crippen LogP contribution < -0.4 is 10.6 Å². The van der Waals surface area contributed by atoms with Gasteiger partial charge in [-0.25, -0.2) is 0 Å². The van der Waals surface area contributed by atoms with Crippen molar-refractivity contribution in [3.05, 3.63) is 35.4 Å². The monoisotopic (exact) mass is 374 g/mol. The summed E-state index contributed by atoms with van der Waals surface area (Å²) in [7, 11) is 1.72. The van der Waals surface area contributed by atoms with Crippen molar-refractivity contribution >= 4 is 11.9 Å². The molecular formula is C21H34N4O2. The summed E-state index contributed by atoms with van der Waals surface area (Å²) < 4.78 is 5.76. The molecule has 1 aliphatic heterocycles. The van der Waals surface area contributed by atoms with Gasteiger partial charge in [0.05, 0.1) is 12.6 Å². The number of rotatable bonds is 8. The molecular weight excluding hydrogens is 340 g/mol. The van der Waals surface area contributed by atoms with Crippen molar-refractivity contribution in [1.82, 2.24) is 15.5 Å². The van der Waals surface area contributed by atoms with E-state index < -0.39 is 0 Å². The van der Waals surface area contributed by atoms with E-state index in [4.69, 9.17) is 4.74 Å². The van der Waals surface area contributed by atoms with Crippen molar-refractivity contribution in [1.29, 1.82) is 0 Å². The van der Waals surface area contributed by atoms with Gasteiger partial charge in [-0.1, -0.05) is 38.1 Å². The number of hydrogen-bond acceptors (Lipinski definition) is 3. The van der Waals surface area contributed by atoms with Gasteiger partial charge < -0.3 is 20.3 Å². The average molecular weight is 375 g/mol. The number of carbonyl (C=O) groups excluding carboxylic acids is 1. The van der Waals surface area contributed by atoms with Gasteiger partial charge in [-0.15, -0.1) is 0 Å². The third-order valence-electron chi connectivity index (χ3n) is 4.96. The number of fused-ring (bicyclic) bond motifs is 1. The number of nitrogens with zero attached hydrogens (tertiary/aromatic N) is 2. The Balaban J connectivity index is 1.75. The second-order valence-electron chi connectivity index (χ2n) is 7.21. The molecule has 2 N–H and O–H groups in total. The highest BCUT2D eigenvalue weighted by Crippen LogP contribution is 2.18. The molecule has 0 saturated carbocycles. The van der Waals surface area contributed by atoms with E-state index in [0.717, 1.165) is 32.5 Å².